The first-order valence-corrected chi connectivity index (χ1v) is 6.80. The van der Waals surface area contributed by atoms with Crippen molar-refractivity contribution in [3.05, 3.63) is 29.8 Å². The van der Waals surface area contributed by atoms with Crippen LogP contribution < -0.4 is 10.1 Å². The lowest BCUT2D eigenvalue weighted by Gasteiger charge is -2.37. The Labute approximate surface area is 110 Å². The lowest BCUT2D eigenvalue weighted by Crippen LogP contribution is -2.54. The smallest absolute Gasteiger partial charge is 0.122 e. The molecule has 3 nitrogen and oxygen atoms in total. The standard InChI is InChI=1S/C15H24N2O/c1-12-11-17(13(2)10-16-12)9-8-14-6-4-5-7-15(14)18-3/h4-7,12-13,16H,8-11H2,1-3H3. The third kappa shape index (κ3) is 3.24. The van der Waals surface area contributed by atoms with Gasteiger partial charge in [-0.3, -0.25) is 4.90 Å². The highest BCUT2D eigenvalue weighted by molar-refractivity contribution is 5.33. The summed E-state index contributed by atoms with van der Waals surface area (Å²) < 4.78 is 5.40. The minimum Gasteiger partial charge on any atom is -0.496 e. The van der Waals surface area contributed by atoms with Crippen molar-refractivity contribution in [3.63, 3.8) is 0 Å². The number of piperazine rings is 1. The molecular formula is C15H24N2O. The fourth-order valence-corrected chi connectivity index (χ4v) is 2.58. The van der Waals surface area contributed by atoms with Crippen molar-refractivity contribution in [2.45, 2.75) is 32.4 Å². The largest absolute Gasteiger partial charge is 0.496 e. The predicted octanol–water partition coefficient (Wildman–Crippen LogP) is 1.92. The maximum Gasteiger partial charge on any atom is 0.122 e. The Morgan fingerprint density at radius 1 is 1.33 bits per heavy atom. The minimum atomic E-state index is 0.596. The SMILES string of the molecule is COc1ccccc1CCN1CC(C)NCC1C. The topological polar surface area (TPSA) is 24.5 Å². The molecule has 0 saturated carbocycles. The summed E-state index contributed by atoms with van der Waals surface area (Å²) in [4.78, 5) is 2.56. The molecule has 2 atom stereocenters. The molecule has 100 valence electrons. The third-order valence-corrected chi connectivity index (χ3v) is 3.75. The van der Waals surface area contributed by atoms with Gasteiger partial charge in [-0.2, -0.15) is 0 Å². The second-order valence-corrected chi connectivity index (χ2v) is 5.22. The number of ether oxygens (including phenoxy) is 1. The van der Waals surface area contributed by atoms with E-state index in [0.717, 1.165) is 31.8 Å². The molecule has 1 aliphatic rings. The summed E-state index contributed by atoms with van der Waals surface area (Å²) in [5, 5.41) is 3.52. The van der Waals surface area contributed by atoms with Crippen LogP contribution in [-0.4, -0.2) is 43.7 Å². The molecule has 1 aromatic carbocycles. The highest BCUT2D eigenvalue weighted by Crippen LogP contribution is 2.18. The van der Waals surface area contributed by atoms with Crippen molar-refractivity contribution in [2.24, 2.45) is 0 Å². The molecule has 1 fully saturated rings. The van der Waals surface area contributed by atoms with E-state index in [1.54, 1.807) is 7.11 Å². The Bertz CT molecular complexity index is 381. The molecule has 1 aliphatic heterocycles. The molecule has 1 heterocycles. The Morgan fingerprint density at radius 2 is 2.11 bits per heavy atom. The molecule has 0 amide bonds. The molecule has 2 rings (SSSR count). The van der Waals surface area contributed by atoms with Crippen LogP contribution in [0.2, 0.25) is 0 Å². The van der Waals surface area contributed by atoms with Crippen molar-refractivity contribution in [1.29, 1.82) is 0 Å². The molecule has 1 saturated heterocycles. The zero-order chi connectivity index (χ0) is 13.0. The zero-order valence-corrected chi connectivity index (χ0v) is 11.6. The van der Waals surface area contributed by atoms with E-state index in [0.29, 0.717) is 12.1 Å². The fraction of sp³-hybridized carbons (Fsp3) is 0.600. The highest BCUT2D eigenvalue weighted by atomic mass is 16.5. The molecule has 0 aromatic heterocycles. The second-order valence-electron chi connectivity index (χ2n) is 5.22. The molecule has 2 unspecified atom stereocenters. The quantitative estimate of drug-likeness (QED) is 0.881. The summed E-state index contributed by atoms with van der Waals surface area (Å²) in [5.41, 5.74) is 1.30. The van der Waals surface area contributed by atoms with Crippen LogP contribution in [0.5, 0.6) is 5.75 Å². The molecular weight excluding hydrogens is 224 g/mol. The number of nitrogens with one attached hydrogen (secondary N) is 1. The molecule has 18 heavy (non-hydrogen) atoms. The van der Waals surface area contributed by atoms with E-state index in [4.69, 9.17) is 4.74 Å². The van der Waals surface area contributed by atoms with Gasteiger partial charge in [0.05, 0.1) is 7.11 Å². The van der Waals surface area contributed by atoms with Crippen LogP contribution >= 0.6 is 0 Å². The fourth-order valence-electron chi connectivity index (χ4n) is 2.58. The van der Waals surface area contributed by atoms with Gasteiger partial charge in [-0.1, -0.05) is 18.2 Å². The van der Waals surface area contributed by atoms with E-state index in [2.05, 4.69) is 36.2 Å². The molecule has 3 heteroatoms. The second kappa shape index (κ2) is 6.21. The normalized spacial score (nSPS) is 25.1. The van der Waals surface area contributed by atoms with Gasteiger partial charge in [0.25, 0.3) is 0 Å². The third-order valence-electron chi connectivity index (χ3n) is 3.75. The van der Waals surface area contributed by atoms with Gasteiger partial charge in [0, 0.05) is 31.7 Å². The van der Waals surface area contributed by atoms with E-state index >= 15 is 0 Å². The van der Waals surface area contributed by atoms with Gasteiger partial charge in [0.2, 0.25) is 0 Å². The van der Waals surface area contributed by atoms with Gasteiger partial charge in [0.1, 0.15) is 5.75 Å². The maximum absolute atomic E-state index is 5.40. The maximum atomic E-state index is 5.40. The molecule has 0 spiro atoms. The van der Waals surface area contributed by atoms with Crippen molar-refractivity contribution in [1.82, 2.24) is 10.2 Å². The van der Waals surface area contributed by atoms with E-state index < -0.39 is 0 Å². The number of para-hydroxylation sites is 1. The molecule has 0 radical (unpaired) electrons. The monoisotopic (exact) mass is 248 g/mol. The molecule has 0 aliphatic carbocycles. The summed E-state index contributed by atoms with van der Waals surface area (Å²) in [6, 6.07) is 9.53. The van der Waals surface area contributed by atoms with Crippen LogP contribution in [0.4, 0.5) is 0 Å². The van der Waals surface area contributed by atoms with Crippen LogP contribution in [0.25, 0.3) is 0 Å². The Morgan fingerprint density at radius 3 is 2.89 bits per heavy atom. The number of methoxy groups -OCH3 is 1. The van der Waals surface area contributed by atoms with E-state index in [1.807, 2.05) is 12.1 Å². The van der Waals surface area contributed by atoms with Gasteiger partial charge in [0.15, 0.2) is 0 Å². The summed E-state index contributed by atoms with van der Waals surface area (Å²) >= 11 is 0. The number of nitrogens with zero attached hydrogens (tertiary/aromatic N) is 1. The van der Waals surface area contributed by atoms with Crippen LogP contribution in [0.1, 0.15) is 19.4 Å². The highest BCUT2D eigenvalue weighted by Gasteiger charge is 2.21. The number of rotatable bonds is 4. The van der Waals surface area contributed by atoms with Crippen LogP contribution in [-0.2, 0) is 6.42 Å². The average molecular weight is 248 g/mol. The first-order chi connectivity index (χ1) is 8.70. The van der Waals surface area contributed by atoms with E-state index in [1.165, 1.54) is 5.56 Å². The summed E-state index contributed by atoms with van der Waals surface area (Å²) in [6.45, 7) is 7.88. The summed E-state index contributed by atoms with van der Waals surface area (Å²) in [7, 11) is 1.74. The van der Waals surface area contributed by atoms with Gasteiger partial charge in [-0.15, -0.1) is 0 Å². The van der Waals surface area contributed by atoms with Crippen LogP contribution in [0.3, 0.4) is 0 Å². The van der Waals surface area contributed by atoms with Crippen molar-refractivity contribution >= 4 is 0 Å². The average Bonchev–Trinajstić information content (AvgIpc) is 2.40. The first kappa shape index (κ1) is 13.4. The van der Waals surface area contributed by atoms with Crippen LogP contribution in [0.15, 0.2) is 24.3 Å². The zero-order valence-electron chi connectivity index (χ0n) is 11.6. The first-order valence-electron chi connectivity index (χ1n) is 6.80. The van der Waals surface area contributed by atoms with Gasteiger partial charge in [-0.05, 0) is 31.9 Å². The molecule has 0 bridgehead atoms. The molecule has 1 aromatic rings. The Balaban J connectivity index is 1.94. The number of hydrogen-bond acceptors (Lipinski definition) is 3. The van der Waals surface area contributed by atoms with Crippen molar-refractivity contribution in [3.8, 4) is 5.75 Å². The van der Waals surface area contributed by atoms with Crippen molar-refractivity contribution in [2.75, 3.05) is 26.7 Å². The Kier molecular flexibility index (Phi) is 4.61. The summed E-state index contributed by atoms with van der Waals surface area (Å²) in [6.07, 6.45) is 1.06. The Hall–Kier alpha value is -1.06. The predicted molar refractivity (Wildman–Crippen MR) is 75.2 cm³/mol. The number of hydrogen-bond donors (Lipinski definition) is 1. The number of benzene rings is 1. The lowest BCUT2D eigenvalue weighted by atomic mass is 10.1. The lowest BCUT2D eigenvalue weighted by molar-refractivity contribution is 0.148. The minimum absolute atomic E-state index is 0.596. The van der Waals surface area contributed by atoms with E-state index in [9.17, 15) is 0 Å². The van der Waals surface area contributed by atoms with Gasteiger partial charge >= 0.3 is 0 Å². The molecule has 1 N–H and O–H groups in total. The van der Waals surface area contributed by atoms with Gasteiger partial charge < -0.3 is 10.1 Å². The van der Waals surface area contributed by atoms with Crippen molar-refractivity contribution < 1.29 is 4.74 Å². The van der Waals surface area contributed by atoms with E-state index in [-0.39, 0.29) is 0 Å². The summed E-state index contributed by atoms with van der Waals surface area (Å²) in [5.74, 6) is 1.01. The van der Waals surface area contributed by atoms with Crippen LogP contribution in [0, 0.1) is 0 Å². The van der Waals surface area contributed by atoms with Gasteiger partial charge in [-0.25, -0.2) is 0 Å².